The molecule has 0 bridgehead atoms. The Hall–Kier alpha value is 0.670. The third-order valence-electron chi connectivity index (χ3n) is 1.81. The minimum absolute atomic E-state index is 0.295. The number of halogens is 5. The number of hydrogen-bond donors (Lipinski definition) is 0. The van der Waals surface area contributed by atoms with Crippen LogP contribution in [0.4, 0.5) is 0 Å². The van der Waals surface area contributed by atoms with Gasteiger partial charge >= 0.3 is 0 Å². The average Bonchev–Trinajstić information content (AvgIpc) is 1.96. The molecule has 0 aliphatic carbocycles. The lowest BCUT2D eigenvalue weighted by Gasteiger charge is -2.14. The molecule has 78 valence electrons. The van der Waals surface area contributed by atoms with Gasteiger partial charge in [0, 0.05) is 16.5 Å². The molecule has 0 amide bonds. The number of alkyl halides is 3. The molecule has 0 nitrogen and oxygen atoms in total. The molecule has 0 N–H and O–H groups in total. The van der Waals surface area contributed by atoms with Crippen LogP contribution in [0, 0.1) is 6.92 Å². The van der Waals surface area contributed by atoms with Gasteiger partial charge in [-0.05, 0) is 30.2 Å². The van der Waals surface area contributed by atoms with E-state index in [-0.39, 0.29) is 0 Å². The van der Waals surface area contributed by atoms with Gasteiger partial charge < -0.3 is 0 Å². The minimum atomic E-state index is -1.32. The lowest BCUT2D eigenvalue weighted by atomic mass is 10.1. The zero-order valence-electron chi connectivity index (χ0n) is 7.25. The standard InChI is InChI=1S/C9H7Cl5/c1-5-6(4-9(12,13)14)2-7(10)3-8(5)11/h2-3H,4H2,1H3. The Morgan fingerprint density at radius 2 is 1.71 bits per heavy atom. The predicted molar refractivity (Wildman–Crippen MR) is 65.2 cm³/mol. The molecule has 0 saturated heterocycles. The fourth-order valence-electron chi connectivity index (χ4n) is 1.10. The number of benzene rings is 1. The van der Waals surface area contributed by atoms with Crippen molar-refractivity contribution >= 4 is 58.0 Å². The predicted octanol–water partition coefficient (Wildman–Crippen LogP) is 5.21. The maximum absolute atomic E-state index is 5.93. The van der Waals surface area contributed by atoms with E-state index in [4.69, 9.17) is 58.0 Å². The second kappa shape index (κ2) is 4.67. The molecule has 14 heavy (non-hydrogen) atoms. The maximum Gasteiger partial charge on any atom is 0.194 e. The molecule has 1 aromatic carbocycles. The van der Waals surface area contributed by atoms with E-state index in [9.17, 15) is 0 Å². The Morgan fingerprint density at radius 3 is 2.21 bits per heavy atom. The number of hydrogen-bond acceptors (Lipinski definition) is 0. The van der Waals surface area contributed by atoms with Crippen molar-refractivity contribution in [3.63, 3.8) is 0 Å². The summed E-state index contributed by atoms with van der Waals surface area (Å²) in [5.41, 5.74) is 1.74. The summed E-state index contributed by atoms with van der Waals surface area (Å²) in [5, 5.41) is 1.13. The summed E-state index contributed by atoms with van der Waals surface area (Å²) in [6.45, 7) is 1.87. The van der Waals surface area contributed by atoms with Crippen LogP contribution in [0.5, 0.6) is 0 Å². The highest BCUT2D eigenvalue weighted by atomic mass is 35.6. The highest BCUT2D eigenvalue weighted by molar-refractivity contribution is 6.67. The van der Waals surface area contributed by atoms with E-state index < -0.39 is 3.79 Å². The van der Waals surface area contributed by atoms with Crippen molar-refractivity contribution in [3.05, 3.63) is 33.3 Å². The van der Waals surface area contributed by atoms with Gasteiger partial charge in [0.25, 0.3) is 0 Å². The summed E-state index contributed by atoms with van der Waals surface area (Å²) < 4.78 is -1.32. The van der Waals surface area contributed by atoms with Crippen LogP contribution < -0.4 is 0 Å². The van der Waals surface area contributed by atoms with Crippen LogP contribution in [-0.4, -0.2) is 3.79 Å². The molecular formula is C9H7Cl5. The van der Waals surface area contributed by atoms with Crippen molar-refractivity contribution in [1.82, 2.24) is 0 Å². The fraction of sp³-hybridized carbons (Fsp3) is 0.333. The Kier molecular flexibility index (Phi) is 4.25. The first kappa shape index (κ1) is 12.7. The zero-order chi connectivity index (χ0) is 10.9. The largest absolute Gasteiger partial charge is 0.194 e. The SMILES string of the molecule is Cc1c(Cl)cc(Cl)cc1CC(Cl)(Cl)Cl. The second-order valence-corrected chi connectivity index (χ2v) is 6.32. The third kappa shape index (κ3) is 3.67. The topological polar surface area (TPSA) is 0 Å². The Balaban J connectivity index is 3.09. The first-order chi connectivity index (χ1) is 6.29. The second-order valence-electron chi connectivity index (χ2n) is 2.96. The van der Waals surface area contributed by atoms with Crippen LogP contribution in [0.2, 0.25) is 10.0 Å². The molecule has 5 heteroatoms. The van der Waals surface area contributed by atoms with E-state index in [0.29, 0.717) is 16.5 Å². The average molecular weight is 292 g/mol. The van der Waals surface area contributed by atoms with Gasteiger partial charge in [0.1, 0.15) is 0 Å². The molecule has 0 spiro atoms. The molecule has 0 aliphatic heterocycles. The monoisotopic (exact) mass is 290 g/mol. The van der Waals surface area contributed by atoms with Crippen LogP contribution in [0.3, 0.4) is 0 Å². The van der Waals surface area contributed by atoms with Crippen molar-refractivity contribution in [3.8, 4) is 0 Å². The molecule has 0 unspecified atom stereocenters. The molecule has 1 rings (SSSR count). The molecular weight excluding hydrogens is 285 g/mol. The maximum atomic E-state index is 5.93. The molecule has 0 saturated carbocycles. The molecule has 1 aromatic rings. The summed E-state index contributed by atoms with van der Waals surface area (Å²) in [6.07, 6.45) is 0.295. The van der Waals surface area contributed by atoms with Gasteiger partial charge in [-0.1, -0.05) is 58.0 Å². The van der Waals surface area contributed by atoms with Crippen molar-refractivity contribution in [2.24, 2.45) is 0 Å². The van der Waals surface area contributed by atoms with Crippen molar-refractivity contribution < 1.29 is 0 Å². The zero-order valence-corrected chi connectivity index (χ0v) is 11.0. The lowest BCUT2D eigenvalue weighted by Crippen LogP contribution is -2.08. The smallest absolute Gasteiger partial charge is 0.0843 e. The molecule has 0 aliphatic rings. The van der Waals surface area contributed by atoms with Gasteiger partial charge in [0.2, 0.25) is 0 Å². The summed E-state index contributed by atoms with van der Waals surface area (Å²) in [5.74, 6) is 0. The van der Waals surface area contributed by atoms with Gasteiger partial charge in [-0.15, -0.1) is 0 Å². The molecule has 0 fully saturated rings. The quantitative estimate of drug-likeness (QED) is 0.623. The molecule has 0 heterocycles. The first-order valence-corrected chi connectivity index (χ1v) is 5.70. The molecule has 0 aromatic heterocycles. The van der Waals surface area contributed by atoms with Crippen LogP contribution in [-0.2, 0) is 6.42 Å². The van der Waals surface area contributed by atoms with Gasteiger partial charge in [0.15, 0.2) is 3.79 Å². The van der Waals surface area contributed by atoms with Gasteiger partial charge in [-0.25, -0.2) is 0 Å². The van der Waals surface area contributed by atoms with Crippen LogP contribution in [0.25, 0.3) is 0 Å². The van der Waals surface area contributed by atoms with Crippen LogP contribution in [0.15, 0.2) is 12.1 Å². The van der Waals surface area contributed by atoms with Gasteiger partial charge in [-0.2, -0.15) is 0 Å². The van der Waals surface area contributed by atoms with E-state index in [1.807, 2.05) is 6.92 Å². The van der Waals surface area contributed by atoms with Crippen molar-refractivity contribution in [2.75, 3.05) is 0 Å². The Labute approximate surface area is 108 Å². The van der Waals surface area contributed by atoms with E-state index >= 15 is 0 Å². The normalized spacial score (nSPS) is 11.9. The summed E-state index contributed by atoms with van der Waals surface area (Å²) in [4.78, 5) is 0. The lowest BCUT2D eigenvalue weighted by molar-refractivity contribution is 1.00. The summed E-state index contributed by atoms with van der Waals surface area (Å²) >= 11 is 28.8. The molecule has 0 atom stereocenters. The van der Waals surface area contributed by atoms with Crippen LogP contribution >= 0.6 is 58.0 Å². The summed E-state index contributed by atoms with van der Waals surface area (Å²) in [7, 11) is 0. The van der Waals surface area contributed by atoms with E-state index in [1.54, 1.807) is 12.1 Å². The Bertz CT molecular complexity index is 340. The third-order valence-corrected chi connectivity index (χ3v) is 2.82. The van der Waals surface area contributed by atoms with Crippen molar-refractivity contribution in [2.45, 2.75) is 17.1 Å². The fourth-order valence-corrected chi connectivity index (χ4v) is 2.07. The Morgan fingerprint density at radius 1 is 1.14 bits per heavy atom. The van der Waals surface area contributed by atoms with Crippen molar-refractivity contribution in [1.29, 1.82) is 0 Å². The highest BCUT2D eigenvalue weighted by Gasteiger charge is 2.22. The van der Waals surface area contributed by atoms with E-state index in [0.717, 1.165) is 11.1 Å². The highest BCUT2D eigenvalue weighted by Crippen LogP contribution is 2.34. The van der Waals surface area contributed by atoms with E-state index in [2.05, 4.69) is 0 Å². The van der Waals surface area contributed by atoms with Gasteiger partial charge in [-0.3, -0.25) is 0 Å². The van der Waals surface area contributed by atoms with Gasteiger partial charge in [0.05, 0.1) is 0 Å². The van der Waals surface area contributed by atoms with Crippen LogP contribution in [0.1, 0.15) is 11.1 Å². The van der Waals surface area contributed by atoms with E-state index in [1.165, 1.54) is 0 Å². The minimum Gasteiger partial charge on any atom is -0.0843 e. The summed E-state index contributed by atoms with van der Waals surface area (Å²) in [6, 6.07) is 3.42. The number of rotatable bonds is 1. The molecule has 0 radical (unpaired) electrons. The first-order valence-electron chi connectivity index (χ1n) is 3.81.